The molecule has 0 saturated carbocycles. The topological polar surface area (TPSA) is 90.1 Å². The van der Waals surface area contributed by atoms with E-state index in [9.17, 15) is 14.9 Å². The molecule has 0 bridgehead atoms. The Morgan fingerprint density at radius 1 is 1.53 bits per heavy atom. The third-order valence-corrected chi connectivity index (χ3v) is 2.34. The van der Waals surface area contributed by atoms with Gasteiger partial charge in [-0.3, -0.25) is 19.6 Å². The molecular formula is C10H10N4O3. The zero-order valence-electron chi connectivity index (χ0n) is 9.30. The van der Waals surface area contributed by atoms with Crippen molar-refractivity contribution in [3.8, 4) is 0 Å². The molecule has 2 aromatic rings. The number of carbonyl (C=O) groups excluding carboxylic acids is 1. The fourth-order valence-electron chi connectivity index (χ4n) is 1.63. The summed E-state index contributed by atoms with van der Waals surface area (Å²) in [6, 6.07) is 4.40. The molecule has 0 atom stereocenters. The number of aryl methyl sites for hydroxylation is 1. The number of fused-ring (bicyclic) bond motifs is 1. The van der Waals surface area contributed by atoms with Crippen molar-refractivity contribution in [2.45, 2.75) is 6.92 Å². The molecule has 1 amide bonds. The molecule has 7 heteroatoms. The van der Waals surface area contributed by atoms with Gasteiger partial charge in [-0.2, -0.15) is 5.10 Å². The summed E-state index contributed by atoms with van der Waals surface area (Å²) >= 11 is 0. The average molecular weight is 234 g/mol. The second-order valence-corrected chi connectivity index (χ2v) is 3.61. The molecule has 1 N–H and O–H groups in total. The van der Waals surface area contributed by atoms with Crippen LogP contribution in [0, 0.1) is 10.1 Å². The summed E-state index contributed by atoms with van der Waals surface area (Å²) in [4.78, 5) is 21.2. The van der Waals surface area contributed by atoms with Crippen LogP contribution in [0.3, 0.4) is 0 Å². The molecule has 1 aromatic carbocycles. The van der Waals surface area contributed by atoms with Gasteiger partial charge in [0.15, 0.2) is 5.82 Å². The minimum atomic E-state index is -0.482. The summed E-state index contributed by atoms with van der Waals surface area (Å²) in [6.07, 6.45) is 0. The quantitative estimate of drug-likeness (QED) is 0.628. The Kier molecular flexibility index (Phi) is 2.51. The maximum absolute atomic E-state index is 11.0. The Balaban J connectivity index is 2.64. The van der Waals surface area contributed by atoms with E-state index < -0.39 is 4.92 Å². The first-order valence-electron chi connectivity index (χ1n) is 4.88. The van der Waals surface area contributed by atoms with Crippen LogP contribution >= 0.6 is 0 Å². The molecule has 0 aliphatic rings. The Labute approximate surface area is 96.2 Å². The van der Waals surface area contributed by atoms with E-state index in [0.29, 0.717) is 11.2 Å². The van der Waals surface area contributed by atoms with Gasteiger partial charge < -0.3 is 5.32 Å². The molecule has 88 valence electrons. The minimum Gasteiger partial charge on any atom is -0.309 e. The highest BCUT2D eigenvalue weighted by atomic mass is 16.6. The number of hydrogen-bond donors (Lipinski definition) is 1. The Bertz CT molecular complexity index is 617. The number of rotatable bonds is 2. The van der Waals surface area contributed by atoms with E-state index in [4.69, 9.17) is 0 Å². The van der Waals surface area contributed by atoms with Crippen molar-refractivity contribution in [3.05, 3.63) is 28.3 Å². The molecule has 2 rings (SSSR count). The van der Waals surface area contributed by atoms with Gasteiger partial charge in [0.25, 0.3) is 5.69 Å². The third-order valence-electron chi connectivity index (χ3n) is 2.34. The molecule has 1 heterocycles. The SMILES string of the molecule is CC(=O)Nc1nn(C)c2ccc([N+](=O)[O-])cc12. The second kappa shape index (κ2) is 3.85. The number of benzene rings is 1. The van der Waals surface area contributed by atoms with Gasteiger partial charge in [0, 0.05) is 26.1 Å². The highest BCUT2D eigenvalue weighted by Gasteiger charge is 2.14. The van der Waals surface area contributed by atoms with Gasteiger partial charge in [-0.1, -0.05) is 0 Å². The van der Waals surface area contributed by atoms with Crippen LogP contribution in [0.5, 0.6) is 0 Å². The number of nitrogens with one attached hydrogen (secondary N) is 1. The fourth-order valence-corrected chi connectivity index (χ4v) is 1.63. The Morgan fingerprint density at radius 3 is 2.82 bits per heavy atom. The summed E-state index contributed by atoms with van der Waals surface area (Å²) in [7, 11) is 1.71. The van der Waals surface area contributed by atoms with Crippen molar-refractivity contribution in [1.29, 1.82) is 0 Å². The van der Waals surface area contributed by atoms with E-state index in [0.717, 1.165) is 5.52 Å². The lowest BCUT2D eigenvalue weighted by molar-refractivity contribution is -0.384. The number of non-ortho nitro benzene ring substituents is 1. The molecule has 1 aromatic heterocycles. The number of nitro benzene ring substituents is 1. The van der Waals surface area contributed by atoms with E-state index in [1.807, 2.05) is 0 Å². The van der Waals surface area contributed by atoms with Crippen LogP contribution in [0.15, 0.2) is 18.2 Å². The van der Waals surface area contributed by atoms with Crippen molar-refractivity contribution in [3.63, 3.8) is 0 Å². The monoisotopic (exact) mass is 234 g/mol. The number of hydrogen-bond acceptors (Lipinski definition) is 4. The number of carbonyl (C=O) groups is 1. The standard InChI is InChI=1S/C10H10N4O3/c1-6(15)11-10-8-5-7(14(16)17)3-4-9(8)13(2)12-10/h3-5H,1-2H3,(H,11,12,15). The van der Waals surface area contributed by atoms with Crippen LogP contribution in [-0.4, -0.2) is 20.6 Å². The molecule has 17 heavy (non-hydrogen) atoms. The van der Waals surface area contributed by atoms with Gasteiger partial charge in [0.2, 0.25) is 5.91 Å². The van der Waals surface area contributed by atoms with E-state index in [1.54, 1.807) is 17.8 Å². The maximum Gasteiger partial charge on any atom is 0.270 e. The van der Waals surface area contributed by atoms with Gasteiger partial charge in [0.1, 0.15) is 0 Å². The van der Waals surface area contributed by atoms with Gasteiger partial charge in [-0.25, -0.2) is 0 Å². The summed E-state index contributed by atoms with van der Waals surface area (Å²) in [5, 5.41) is 17.9. The van der Waals surface area contributed by atoms with Crippen molar-refractivity contribution >= 4 is 28.3 Å². The van der Waals surface area contributed by atoms with Crippen LogP contribution in [0.2, 0.25) is 0 Å². The predicted octanol–water partition coefficient (Wildman–Crippen LogP) is 1.44. The van der Waals surface area contributed by atoms with Crippen molar-refractivity contribution in [2.24, 2.45) is 7.05 Å². The van der Waals surface area contributed by atoms with Gasteiger partial charge in [0.05, 0.1) is 15.8 Å². The van der Waals surface area contributed by atoms with E-state index in [2.05, 4.69) is 10.4 Å². The van der Waals surface area contributed by atoms with E-state index >= 15 is 0 Å². The zero-order valence-corrected chi connectivity index (χ0v) is 9.30. The first-order chi connectivity index (χ1) is 7.99. The molecule has 0 fully saturated rings. The highest BCUT2D eigenvalue weighted by molar-refractivity contribution is 5.99. The molecule has 0 radical (unpaired) electrons. The molecule has 0 unspecified atom stereocenters. The predicted molar refractivity (Wildman–Crippen MR) is 61.7 cm³/mol. The fraction of sp³-hybridized carbons (Fsp3) is 0.200. The van der Waals surface area contributed by atoms with Crippen molar-refractivity contribution in [2.75, 3.05) is 5.32 Å². The summed E-state index contributed by atoms with van der Waals surface area (Å²) in [5.74, 6) is 0.0650. The van der Waals surface area contributed by atoms with Crippen LogP contribution < -0.4 is 5.32 Å². The number of nitro groups is 1. The normalized spacial score (nSPS) is 10.5. The number of anilines is 1. The zero-order chi connectivity index (χ0) is 12.6. The lowest BCUT2D eigenvalue weighted by atomic mass is 10.2. The largest absolute Gasteiger partial charge is 0.309 e. The van der Waals surface area contributed by atoms with E-state index in [1.165, 1.54) is 19.1 Å². The second-order valence-electron chi connectivity index (χ2n) is 3.61. The van der Waals surface area contributed by atoms with Gasteiger partial charge in [-0.05, 0) is 6.07 Å². The minimum absolute atomic E-state index is 0.0305. The lowest BCUT2D eigenvalue weighted by Crippen LogP contribution is -2.06. The molecule has 0 aliphatic carbocycles. The summed E-state index contributed by atoms with van der Waals surface area (Å²) in [6.45, 7) is 1.36. The first-order valence-corrected chi connectivity index (χ1v) is 4.88. The number of nitrogens with zero attached hydrogens (tertiary/aromatic N) is 3. The summed E-state index contributed by atoms with van der Waals surface area (Å²) < 4.78 is 1.56. The number of aromatic nitrogens is 2. The Hall–Kier alpha value is -2.44. The Morgan fingerprint density at radius 2 is 2.24 bits per heavy atom. The smallest absolute Gasteiger partial charge is 0.270 e. The molecule has 7 nitrogen and oxygen atoms in total. The third kappa shape index (κ3) is 1.94. The summed E-state index contributed by atoms with van der Waals surface area (Å²) in [5.41, 5.74) is 0.691. The van der Waals surface area contributed by atoms with Crippen LogP contribution in [-0.2, 0) is 11.8 Å². The molecule has 0 spiro atoms. The van der Waals surface area contributed by atoms with Crippen LogP contribution in [0.25, 0.3) is 10.9 Å². The van der Waals surface area contributed by atoms with Crippen molar-refractivity contribution in [1.82, 2.24) is 9.78 Å². The molecule has 0 saturated heterocycles. The van der Waals surface area contributed by atoms with Crippen LogP contribution in [0.4, 0.5) is 11.5 Å². The molecular weight excluding hydrogens is 224 g/mol. The van der Waals surface area contributed by atoms with Gasteiger partial charge >= 0.3 is 0 Å². The number of amides is 1. The average Bonchev–Trinajstić information content (AvgIpc) is 2.54. The van der Waals surface area contributed by atoms with Crippen molar-refractivity contribution < 1.29 is 9.72 Å². The van der Waals surface area contributed by atoms with Gasteiger partial charge in [-0.15, -0.1) is 0 Å². The highest BCUT2D eigenvalue weighted by Crippen LogP contribution is 2.26. The lowest BCUT2D eigenvalue weighted by Gasteiger charge is -1.96. The molecule has 0 aliphatic heterocycles. The van der Waals surface area contributed by atoms with Crippen LogP contribution in [0.1, 0.15) is 6.92 Å². The van der Waals surface area contributed by atoms with E-state index in [-0.39, 0.29) is 11.6 Å². The first kappa shape index (κ1) is 11.1. The maximum atomic E-state index is 11.0.